The summed E-state index contributed by atoms with van der Waals surface area (Å²) in [6.07, 6.45) is -1.80. The molecule has 20 heavy (non-hydrogen) atoms. The second kappa shape index (κ2) is 6.76. The minimum absolute atomic E-state index is 0.0308. The largest absolute Gasteiger partial charge is 0.465 e. The molecule has 7 heteroatoms. The summed E-state index contributed by atoms with van der Waals surface area (Å²) in [5.74, 6) is -0.506. The molecule has 1 aliphatic rings. The Balaban J connectivity index is 2.38. The van der Waals surface area contributed by atoms with Gasteiger partial charge in [-0.25, -0.2) is 0 Å². The van der Waals surface area contributed by atoms with E-state index in [0.717, 1.165) is 12.8 Å². The van der Waals surface area contributed by atoms with Crippen LogP contribution in [0.25, 0.3) is 0 Å². The molecule has 1 atom stereocenters. The summed E-state index contributed by atoms with van der Waals surface area (Å²) >= 11 is 0. The van der Waals surface area contributed by atoms with Crippen molar-refractivity contribution in [3.63, 3.8) is 0 Å². The molecular formula is C13H23F3N2O2. The molecule has 0 aliphatic heterocycles. The highest BCUT2D eigenvalue weighted by Gasteiger charge is 2.38. The van der Waals surface area contributed by atoms with Crippen LogP contribution in [0.5, 0.6) is 0 Å². The van der Waals surface area contributed by atoms with Crippen LogP contribution in [0.3, 0.4) is 0 Å². The Morgan fingerprint density at radius 3 is 2.45 bits per heavy atom. The van der Waals surface area contributed by atoms with Gasteiger partial charge in [-0.1, -0.05) is 0 Å². The smallest absolute Gasteiger partial charge is 0.401 e. The molecule has 0 heterocycles. The number of nitrogens with zero attached hydrogens (tertiary/aromatic N) is 1. The maximum Gasteiger partial charge on any atom is 0.401 e. The van der Waals surface area contributed by atoms with Crippen LogP contribution in [0.2, 0.25) is 0 Å². The van der Waals surface area contributed by atoms with E-state index in [1.165, 1.54) is 4.90 Å². The fourth-order valence-corrected chi connectivity index (χ4v) is 2.11. The maximum absolute atomic E-state index is 12.4. The summed E-state index contributed by atoms with van der Waals surface area (Å²) in [7, 11) is 0. The van der Waals surface area contributed by atoms with Crippen molar-refractivity contribution in [3.8, 4) is 0 Å². The number of halogens is 3. The predicted molar refractivity (Wildman–Crippen MR) is 69.1 cm³/mol. The number of nitrogens with two attached hydrogens (primary N) is 1. The summed E-state index contributed by atoms with van der Waals surface area (Å²) in [5.41, 5.74) is 4.70. The average molecular weight is 296 g/mol. The first-order valence-electron chi connectivity index (χ1n) is 6.92. The van der Waals surface area contributed by atoms with Gasteiger partial charge in [0.2, 0.25) is 0 Å². The third kappa shape index (κ3) is 6.09. The number of carbonyl (C=O) groups excluding carboxylic acids is 1. The van der Waals surface area contributed by atoms with Crippen LogP contribution < -0.4 is 5.73 Å². The number of rotatable bonds is 8. The zero-order valence-corrected chi connectivity index (χ0v) is 12.0. The molecule has 0 spiro atoms. The highest BCUT2D eigenvalue weighted by molar-refractivity contribution is 5.79. The normalized spacial score (nSPS) is 18.9. The van der Waals surface area contributed by atoms with Crippen LogP contribution in [0.1, 0.15) is 39.5 Å². The van der Waals surface area contributed by atoms with Crippen molar-refractivity contribution in [3.05, 3.63) is 0 Å². The van der Waals surface area contributed by atoms with E-state index < -0.39 is 24.2 Å². The van der Waals surface area contributed by atoms with Gasteiger partial charge < -0.3 is 10.5 Å². The fourth-order valence-electron chi connectivity index (χ4n) is 2.11. The first-order chi connectivity index (χ1) is 9.15. The van der Waals surface area contributed by atoms with Gasteiger partial charge in [0.15, 0.2) is 0 Å². The summed E-state index contributed by atoms with van der Waals surface area (Å²) in [4.78, 5) is 13.0. The van der Waals surface area contributed by atoms with Gasteiger partial charge in [0.1, 0.15) is 5.54 Å². The van der Waals surface area contributed by atoms with E-state index in [2.05, 4.69) is 0 Å². The van der Waals surface area contributed by atoms with Gasteiger partial charge in [0, 0.05) is 6.04 Å². The molecule has 1 fully saturated rings. The van der Waals surface area contributed by atoms with Gasteiger partial charge in [-0.2, -0.15) is 13.2 Å². The molecule has 118 valence electrons. The number of hydrogen-bond acceptors (Lipinski definition) is 4. The van der Waals surface area contributed by atoms with Crippen molar-refractivity contribution in [2.24, 2.45) is 5.73 Å². The molecule has 0 aromatic rings. The highest BCUT2D eigenvalue weighted by atomic mass is 19.4. The van der Waals surface area contributed by atoms with Gasteiger partial charge in [0.25, 0.3) is 0 Å². The van der Waals surface area contributed by atoms with Crippen molar-refractivity contribution >= 4 is 5.97 Å². The number of esters is 1. The maximum atomic E-state index is 12.4. The molecule has 4 nitrogen and oxygen atoms in total. The van der Waals surface area contributed by atoms with Crippen molar-refractivity contribution in [2.45, 2.75) is 57.3 Å². The van der Waals surface area contributed by atoms with Crippen molar-refractivity contribution in [1.82, 2.24) is 4.90 Å². The van der Waals surface area contributed by atoms with E-state index in [-0.39, 0.29) is 12.6 Å². The average Bonchev–Trinajstić information content (AvgIpc) is 3.09. The lowest BCUT2D eigenvalue weighted by molar-refractivity contribution is -0.151. The van der Waals surface area contributed by atoms with E-state index in [4.69, 9.17) is 10.5 Å². The number of ether oxygens (including phenoxy) is 1. The van der Waals surface area contributed by atoms with E-state index in [1.807, 2.05) is 0 Å². The molecule has 1 saturated carbocycles. The first-order valence-corrected chi connectivity index (χ1v) is 6.92. The Morgan fingerprint density at radius 1 is 1.40 bits per heavy atom. The minimum atomic E-state index is -4.18. The zero-order chi connectivity index (χ0) is 15.4. The third-order valence-corrected chi connectivity index (χ3v) is 3.33. The predicted octanol–water partition coefficient (Wildman–Crippen LogP) is 2.07. The molecule has 1 aliphatic carbocycles. The number of hydrogen-bond donors (Lipinski definition) is 1. The minimum Gasteiger partial charge on any atom is -0.465 e. The van der Waals surface area contributed by atoms with Crippen molar-refractivity contribution in [1.29, 1.82) is 0 Å². The lowest BCUT2D eigenvalue weighted by Gasteiger charge is -2.26. The number of carbonyl (C=O) groups is 1. The topological polar surface area (TPSA) is 55.6 Å². The van der Waals surface area contributed by atoms with Crippen LogP contribution in [0.15, 0.2) is 0 Å². The number of alkyl halides is 3. The van der Waals surface area contributed by atoms with Gasteiger partial charge in [0.05, 0.1) is 13.2 Å². The Kier molecular flexibility index (Phi) is 5.82. The standard InChI is InChI=1S/C13H23F3N2O2/c1-3-20-11(19)12(2,17)7-4-8-18(10-5-6-10)9-13(14,15)16/h10H,3-9,17H2,1-2H3. The second-order valence-corrected chi connectivity index (χ2v) is 5.56. The monoisotopic (exact) mass is 296 g/mol. The molecule has 0 saturated heterocycles. The molecular weight excluding hydrogens is 273 g/mol. The lowest BCUT2D eigenvalue weighted by atomic mass is 9.97. The Bertz CT molecular complexity index is 328. The van der Waals surface area contributed by atoms with E-state index in [1.54, 1.807) is 13.8 Å². The molecule has 0 aromatic heterocycles. The summed E-state index contributed by atoms with van der Waals surface area (Å²) in [6.45, 7) is 2.89. The van der Waals surface area contributed by atoms with Crippen molar-refractivity contribution in [2.75, 3.05) is 19.7 Å². The quantitative estimate of drug-likeness (QED) is 0.697. The van der Waals surface area contributed by atoms with Crippen LogP contribution in [0, 0.1) is 0 Å². The lowest BCUT2D eigenvalue weighted by Crippen LogP contribution is -2.47. The molecule has 0 aromatic carbocycles. The Morgan fingerprint density at radius 2 is 2.00 bits per heavy atom. The third-order valence-electron chi connectivity index (χ3n) is 3.33. The molecule has 0 amide bonds. The van der Waals surface area contributed by atoms with Crippen LogP contribution in [0.4, 0.5) is 13.2 Å². The van der Waals surface area contributed by atoms with Crippen LogP contribution in [-0.2, 0) is 9.53 Å². The Hall–Kier alpha value is -0.820. The molecule has 1 rings (SSSR count). The SMILES string of the molecule is CCOC(=O)C(C)(N)CCCN(CC(F)(F)F)C1CC1. The second-order valence-electron chi connectivity index (χ2n) is 5.56. The van der Waals surface area contributed by atoms with Gasteiger partial charge in [-0.3, -0.25) is 9.69 Å². The van der Waals surface area contributed by atoms with Gasteiger partial charge in [-0.15, -0.1) is 0 Å². The van der Waals surface area contributed by atoms with Gasteiger partial charge >= 0.3 is 12.1 Å². The molecule has 1 unspecified atom stereocenters. The van der Waals surface area contributed by atoms with E-state index in [0.29, 0.717) is 19.4 Å². The molecule has 2 N–H and O–H groups in total. The summed E-state index contributed by atoms with van der Waals surface area (Å²) in [6, 6.07) is 0.0308. The van der Waals surface area contributed by atoms with Crippen LogP contribution >= 0.6 is 0 Å². The molecule has 0 radical (unpaired) electrons. The first kappa shape index (κ1) is 17.2. The summed E-state index contributed by atoms with van der Waals surface area (Å²) in [5, 5.41) is 0. The molecule has 0 bridgehead atoms. The van der Waals surface area contributed by atoms with Crippen LogP contribution in [-0.4, -0.2) is 48.3 Å². The van der Waals surface area contributed by atoms with Gasteiger partial charge in [-0.05, 0) is 46.1 Å². The fraction of sp³-hybridized carbons (Fsp3) is 0.923. The van der Waals surface area contributed by atoms with E-state index in [9.17, 15) is 18.0 Å². The van der Waals surface area contributed by atoms with E-state index >= 15 is 0 Å². The Labute approximate surface area is 117 Å². The van der Waals surface area contributed by atoms with Crippen molar-refractivity contribution < 1.29 is 22.7 Å². The summed E-state index contributed by atoms with van der Waals surface area (Å²) < 4.78 is 42.2. The zero-order valence-electron chi connectivity index (χ0n) is 12.0. The highest BCUT2D eigenvalue weighted by Crippen LogP contribution is 2.30.